The van der Waals surface area contributed by atoms with Crippen LogP contribution in [0.4, 0.5) is 0 Å². The molecule has 0 heterocycles. The quantitative estimate of drug-likeness (QED) is 0.621. The molecule has 1 aromatic rings. The summed E-state index contributed by atoms with van der Waals surface area (Å²) in [7, 11) is 0. The van der Waals surface area contributed by atoms with Gasteiger partial charge in [-0.25, -0.2) is 0 Å². The molecule has 14 heavy (non-hydrogen) atoms. The number of hydrogen-bond donors (Lipinski definition) is 3. The summed E-state index contributed by atoms with van der Waals surface area (Å²) in [6, 6.07) is 6.97. The molecule has 0 aliphatic heterocycles. The van der Waals surface area contributed by atoms with E-state index in [9.17, 15) is 5.11 Å². The van der Waals surface area contributed by atoms with Crippen LogP contribution in [0.25, 0.3) is 0 Å². The second-order valence-electron chi connectivity index (χ2n) is 3.43. The van der Waals surface area contributed by atoms with Gasteiger partial charge in [0.2, 0.25) is 0 Å². The van der Waals surface area contributed by atoms with Crippen LogP contribution in [0.3, 0.4) is 0 Å². The van der Waals surface area contributed by atoms with Crippen LogP contribution < -0.4 is 5.32 Å². The van der Waals surface area contributed by atoms with Gasteiger partial charge >= 0.3 is 0 Å². The Morgan fingerprint density at radius 3 is 2.43 bits per heavy atom. The fourth-order valence-electron chi connectivity index (χ4n) is 1.25. The fraction of sp³-hybridized carbons (Fsp3) is 0.273. The van der Waals surface area contributed by atoms with Gasteiger partial charge in [0.25, 0.3) is 0 Å². The highest BCUT2D eigenvalue weighted by Gasteiger charge is 2.13. The molecular formula is C11H13NO2. The van der Waals surface area contributed by atoms with Gasteiger partial charge in [0, 0.05) is 12.6 Å². The van der Waals surface area contributed by atoms with Crippen LogP contribution in [0.1, 0.15) is 11.7 Å². The number of aliphatic hydroxyl groups excluding tert-OH is 1. The van der Waals surface area contributed by atoms with Crippen molar-refractivity contribution in [2.45, 2.75) is 12.1 Å². The van der Waals surface area contributed by atoms with Crippen molar-refractivity contribution in [3.63, 3.8) is 0 Å². The van der Waals surface area contributed by atoms with Gasteiger partial charge in [0.05, 0.1) is 6.10 Å². The third-order valence-corrected chi connectivity index (χ3v) is 2.21. The van der Waals surface area contributed by atoms with E-state index in [1.807, 2.05) is 12.2 Å². The molecule has 0 aromatic heterocycles. The van der Waals surface area contributed by atoms with Crippen LogP contribution in [0, 0.1) is 0 Å². The topological polar surface area (TPSA) is 52.5 Å². The number of aromatic hydroxyl groups is 1. The first-order valence-corrected chi connectivity index (χ1v) is 4.64. The molecule has 1 aliphatic rings. The first-order chi connectivity index (χ1) is 6.75. The average molecular weight is 191 g/mol. The van der Waals surface area contributed by atoms with Crippen LogP contribution >= 0.6 is 0 Å². The van der Waals surface area contributed by atoms with Crippen molar-refractivity contribution in [3.05, 3.63) is 42.0 Å². The third kappa shape index (κ3) is 2.34. The van der Waals surface area contributed by atoms with E-state index in [2.05, 4.69) is 5.32 Å². The normalized spacial score (nSPS) is 16.9. The van der Waals surface area contributed by atoms with Crippen molar-refractivity contribution in [1.29, 1.82) is 0 Å². The summed E-state index contributed by atoms with van der Waals surface area (Å²) in [6.45, 7) is 0.530. The molecule has 0 bridgehead atoms. The van der Waals surface area contributed by atoms with Crippen molar-refractivity contribution < 1.29 is 10.2 Å². The predicted octanol–water partition coefficient (Wildman–Crippen LogP) is 0.954. The van der Waals surface area contributed by atoms with E-state index < -0.39 is 6.10 Å². The Morgan fingerprint density at radius 2 is 1.86 bits per heavy atom. The zero-order valence-electron chi connectivity index (χ0n) is 7.72. The highest BCUT2D eigenvalue weighted by atomic mass is 16.3. The summed E-state index contributed by atoms with van der Waals surface area (Å²) < 4.78 is 0. The van der Waals surface area contributed by atoms with Gasteiger partial charge in [0.15, 0.2) is 0 Å². The number of hydrogen-bond acceptors (Lipinski definition) is 3. The van der Waals surface area contributed by atoms with Crippen LogP contribution in [0.15, 0.2) is 36.4 Å². The van der Waals surface area contributed by atoms with Gasteiger partial charge in [-0.1, -0.05) is 24.3 Å². The minimum atomic E-state index is -0.516. The molecule has 3 heteroatoms. The van der Waals surface area contributed by atoms with Gasteiger partial charge < -0.3 is 15.5 Å². The summed E-state index contributed by atoms with van der Waals surface area (Å²) >= 11 is 0. The minimum Gasteiger partial charge on any atom is -0.508 e. The molecule has 0 spiro atoms. The van der Waals surface area contributed by atoms with Gasteiger partial charge in [0.1, 0.15) is 5.75 Å². The Morgan fingerprint density at radius 1 is 1.21 bits per heavy atom. The lowest BCUT2D eigenvalue weighted by Gasteiger charge is -2.11. The SMILES string of the molecule is Oc1ccc(C(O)CNC2C=C2)cc1. The third-order valence-electron chi connectivity index (χ3n) is 2.21. The van der Waals surface area contributed by atoms with Gasteiger partial charge in [-0.2, -0.15) is 0 Å². The van der Waals surface area contributed by atoms with E-state index in [-0.39, 0.29) is 5.75 Å². The molecule has 0 amide bonds. The van der Waals surface area contributed by atoms with E-state index in [0.29, 0.717) is 12.6 Å². The molecule has 1 unspecified atom stereocenters. The number of phenols is 1. The van der Waals surface area contributed by atoms with Crippen molar-refractivity contribution in [2.75, 3.05) is 6.54 Å². The van der Waals surface area contributed by atoms with Crippen LogP contribution in [-0.2, 0) is 0 Å². The number of benzene rings is 1. The Bertz CT molecular complexity index is 326. The van der Waals surface area contributed by atoms with E-state index in [0.717, 1.165) is 5.56 Å². The summed E-state index contributed by atoms with van der Waals surface area (Å²) in [5.74, 6) is 0.220. The van der Waals surface area contributed by atoms with Gasteiger partial charge in [-0.15, -0.1) is 0 Å². The second-order valence-corrected chi connectivity index (χ2v) is 3.43. The van der Waals surface area contributed by atoms with Gasteiger partial charge in [-0.3, -0.25) is 0 Å². The lowest BCUT2D eigenvalue weighted by molar-refractivity contribution is 0.175. The molecule has 3 N–H and O–H groups in total. The zero-order chi connectivity index (χ0) is 9.97. The number of phenolic OH excluding ortho intramolecular Hbond substituents is 1. The van der Waals surface area contributed by atoms with E-state index in [4.69, 9.17) is 5.11 Å². The highest BCUT2D eigenvalue weighted by molar-refractivity contribution is 5.27. The van der Waals surface area contributed by atoms with Crippen LogP contribution in [-0.4, -0.2) is 22.8 Å². The summed E-state index contributed by atoms with van der Waals surface area (Å²) in [6.07, 6.45) is 3.55. The molecule has 0 saturated carbocycles. The van der Waals surface area contributed by atoms with Crippen LogP contribution in [0.5, 0.6) is 5.75 Å². The monoisotopic (exact) mass is 191 g/mol. The Kier molecular flexibility index (Phi) is 2.52. The van der Waals surface area contributed by atoms with Crippen LogP contribution in [0.2, 0.25) is 0 Å². The molecule has 1 atom stereocenters. The molecule has 1 aromatic carbocycles. The summed E-state index contributed by atoms with van der Waals surface area (Å²) in [5.41, 5.74) is 0.816. The first-order valence-electron chi connectivity index (χ1n) is 4.64. The predicted molar refractivity (Wildman–Crippen MR) is 54.0 cm³/mol. The summed E-state index contributed by atoms with van der Waals surface area (Å²) in [5, 5.41) is 21.9. The van der Waals surface area contributed by atoms with Crippen molar-refractivity contribution in [2.24, 2.45) is 0 Å². The Hall–Kier alpha value is -1.32. The lowest BCUT2D eigenvalue weighted by atomic mass is 10.1. The number of rotatable bonds is 4. The molecule has 2 rings (SSSR count). The Labute approximate surface area is 82.7 Å². The maximum absolute atomic E-state index is 9.72. The maximum Gasteiger partial charge on any atom is 0.115 e. The van der Waals surface area contributed by atoms with E-state index in [1.165, 1.54) is 0 Å². The number of nitrogens with one attached hydrogen (secondary N) is 1. The molecule has 74 valence electrons. The largest absolute Gasteiger partial charge is 0.508 e. The van der Waals surface area contributed by atoms with Crippen molar-refractivity contribution in [3.8, 4) is 5.75 Å². The molecular weight excluding hydrogens is 178 g/mol. The maximum atomic E-state index is 9.72. The zero-order valence-corrected chi connectivity index (χ0v) is 7.72. The summed E-state index contributed by atoms with van der Waals surface area (Å²) in [4.78, 5) is 0. The minimum absolute atomic E-state index is 0.220. The molecule has 0 radical (unpaired) electrons. The number of aliphatic hydroxyl groups is 1. The first kappa shape index (κ1) is 9.24. The standard InChI is InChI=1S/C11H13NO2/c13-10-5-1-8(2-6-10)11(14)7-12-9-3-4-9/h1-6,9,11-14H,7H2. The van der Waals surface area contributed by atoms with E-state index >= 15 is 0 Å². The molecule has 0 fully saturated rings. The smallest absolute Gasteiger partial charge is 0.115 e. The fourth-order valence-corrected chi connectivity index (χ4v) is 1.25. The second kappa shape index (κ2) is 3.82. The van der Waals surface area contributed by atoms with Crippen molar-refractivity contribution >= 4 is 0 Å². The van der Waals surface area contributed by atoms with Crippen molar-refractivity contribution in [1.82, 2.24) is 5.32 Å². The molecule has 0 saturated heterocycles. The average Bonchev–Trinajstić information content (AvgIpc) is 2.99. The van der Waals surface area contributed by atoms with E-state index in [1.54, 1.807) is 24.3 Å². The molecule has 3 nitrogen and oxygen atoms in total. The van der Waals surface area contributed by atoms with Gasteiger partial charge in [-0.05, 0) is 17.7 Å². The molecule has 1 aliphatic carbocycles. The lowest BCUT2D eigenvalue weighted by Crippen LogP contribution is -2.24. The highest BCUT2D eigenvalue weighted by Crippen LogP contribution is 2.16. The Balaban J connectivity index is 1.88.